The molecule has 1 aliphatic heterocycles. The number of alkyl halides is 2. The number of halogens is 2. The summed E-state index contributed by atoms with van der Waals surface area (Å²) in [5.41, 5.74) is 0.693. The lowest BCUT2D eigenvalue weighted by atomic mass is 10.1. The molecule has 2 heterocycles. The van der Waals surface area contributed by atoms with E-state index in [2.05, 4.69) is 9.38 Å². The van der Waals surface area contributed by atoms with Crippen LogP contribution in [-0.4, -0.2) is 39.2 Å². The molecule has 1 fully saturated rings. The second-order valence-electron chi connectivity index (χ2n) is 5.76. The molecule has 1 aromatic heterocycles. The van der Waals surface area contributed by atoms with Gasteiger partial charge in [0, 0.05) is 18.0 Å². The molecular weight excluding hydrogens is 284 g/mol. The summed E-state index contributed by atoms with van der Waals surface area (Å²) < 4.78 is 40.8. The first-order chi connectivity index (χ1) is 9.17. The highest BCUT2D eigenvalue weighted by atomic mass is 32.2. The molecule has 0 radical (unpaired) electrons. The van der Waals surface area contributed by atoms with Gasteiger partial charge in [0.1, 0.15) is 16.8 Å². The van der Waals surface area contributed by atoms with Gasteiger partial charge >= 0.3 is 0 Å². The lowest BCUT2D eigenvalue weighted by Gasteiger charge is -2.39. The van der Waals surface area contributed by atoms with Crippen molar-refractivity contribution < 1.29 is 13.0 Å². The Kier molecular flexibility index (Phi) is 3.90. The Morgan fingerprint density at radius 3 is 2.50 bits per heavy atom. The highest BCUT2D eigenvalue weighted by Gasteiger charge is 2.44. The van der Waals surface area contributed by atoms with Crippen LogP contribution in [0.25, 0.3) is 0 Å². The molecule has 0 N–H and O–H groups in total. The van der Waals surface area contributed by atoms with Crippen molar-refractivity contribution in [2.75, 3.05) is 18.0 Å². The molecule has 4 nitrogen and oxygen atoms in total. The van der Waals surface area contributed by atoms with E-state index < -0.39 is 21.7 Å². The summed E-state index contributed by atoms with van der Waals surface area (Å²) in [5.74, 6) is -2.09. The molecule has 1 aromatic rings. The minimum absolute atomic E-state index is 0.290. The van der Waals surface area contributed by atoms with Crippen LogP contribution in [0.15, 0.2) is 22.7 Å². The Labute approximate surface area is 119 Å². The van der Waals surface area contributed by atoms with Gasteiger partial charge in [-0.3, -0.25) is 0 Å². The van der Waals surface area contributed by atoms with Crippen molar-refractivity contribution in [2.24, 2.45) is 4.40 Å². The van der Waals surface area contributed by atoms with Crippen LogP contribution in [0.2, 0.25) is 0 Å². The van der Waals surface area contributed by atoms with Crippen molar-refractivity contribution >= 4 is 23.0 Å². The Morgan fingerprint density at radius 1 is 1.40 bits per heavy atom. The van der Waals surface area contributed by atoms with E-state index in [1.807, 2.05) is 20.8 Å². The molecule has 1 atom stereocenters. The number of hydrogen-bond donors (Lipinski definition) is 0. The first-order valence-corrected chi connectivity index (χ1v) is 7.33. The van der Waals surface area contributed by atoms with Crippen molar-refractivity contribution in [3.8, 4) is 0 Å². The summed E-state index contributed by atoms with van der Waals surface area (Å²) in [7, 11) is -1.32. The van der Waals surface area contributed by atoms with Crippen molar-refractivity contribution in [1.29, 1.82) is 0 Å². The van der Waals surface area contributed by atoms with Crippen LogP contribution in [0.4, 0.5) is 14.6 Å². The fourth-order valence-corrected chi connectivity index (χ4v) is 2.14. The molecule has 0 bridgehead atoms. The van der Waals surface area contributed by atoms with Gasteiger partial charge in [0.25, 0.3) is 5.92 Å². The van der Waals surface area contributed by atoms with Crippen LogP contribution in [0.1, 0.15) is 26.3 Å². The van der Waals surface area contributed by atoms with Crippen LogP contribution in [0, 0.1) is 0 Å². The standard InChI is InChI=1S/C13H17F2N3OS/c1-12(2,3)20(19)17-7-10-4-5-11(16-6-10)18-8-13(14,15)9-18/h4-7H,8-9H2,1-3H3/b17-7+/t20-/m1/s1. The molecule has 110 valence electrons. The molecule has 7 heteroatoms. The van der Waals surface area contributed by atoms with E-state index >= 15 is 0 Å². The second kappa shape index (κ2) is 5.20. The van der Waals surface area contributed by atoms with Crippen LogP contribution in [-0.2, 0) is 11.0 Å². The lowest BCUT2D eigenvalue weighted by Crippen LogP contribution is -2.56. The van der Waals surface area contributed by atoms with E-state index in [1.54, 1.807) is 12.1 Å². The van der Waals surface area contributed by atoms with Crippen molar-refractivity contribution in [1.82, 2.24) is 4.98 Å². The highest BCUT2D eigenvalue weighted by Crippen LogP contribution is 2.30. The Morgan fingerprint density at radius 2 is 2.05 bits per heavy atom. The number of pyridine rings is 1. The molecule has 1 aliphatic rings. The maximum atomic E-state index is 12.8. The Balaban J connectivity index is 1.99. The highest BCUT2D eigenvalue weighted by molar-refractivity contribution is 7.85. The van der Waals surface area contributed by atoms with Gasteiger partial charge < -0.3 is 4.90 Å². The molecule has 2 rings (SSSR count). The number of anilines is 1. The fraction of sp³-hybridized carbons (Fsp3) is 0.538. The normalized spacial score (nSPS) is 19.9. The number of rotatable bonds is 3. The zero-order chi connectivity index (χ0) is 15.0. The second-order valence-corrected chi connectivity index (χ2v) is 7.69. The quantitative estimate of drug-likeness (QED) is 0.806. The molecule has 0 aromatic carbocycles. The number of hydrogen-bond acceptors (Lipinski definition) is 3. The van der Waals surface area contributed by atoms with E-state index in [-0.39, 0.29) is 13.1 Å². The van der Waals surface area contributed by atoms with Crippen molar-refractivity contribution in [2.45, 2.75) is 31.4 Å². The first kappa shape index (κ1) is 15.0. The van der Waals surface area contributed by atoms with Gasteiger partial charge in [-0.2, -0.15) is 4.40 Å². The summed E-state index contributed by atoms with van der Waals surface area (Å²) in [5, 5.41) is 0. The molecule has 20 heavy (non-hydrogen) atoms. The average Bonchev–Trinajstić information content (AvgIpc) is 2.32. The summed E-state index contributed by atoms with van der Waals surface area (Å²) in [6.07, 6.45) is 3.03. The molecule has 0 saturated carbocycles. The largest absolute Gasteiger partial charge is 0.344 e. The summed E-state index contributed by atoms with van der Waals surface area (Å²) in [6, 6.07) is 3.39. The molecule has 1 saturated heterocycles. The maximum absolute atomic E-state index is 12.8. The number of nitrogens with zero attached hydrogens (tertiary/aromatic N) is 3. The van der Waals surface area contributed by atoms with E-state index in [0.29, 0.717) is 11.4 Å². The molecule has 0 amide bonds. The minimum atomic E-state index is -2.61. The zero-order valence-electron chi connectivity index (χ0n) is 11.6. The van der Waals surface area contributed by atoms with Gasteiger partial charge in [0.2, 0.25) is 0 Å². The zero-order valence-corrected chi connectivity index (χ0v) is 12.5. The summed E-state index contributed by atoms with van der Waals surface area (Å²) >= 11 is 0. The van der Waals surface area contributed by atoms with Gasteiger partial charge in [-0.15, -0.1) is 0 Å². The Bertz CT molecular complexity index is 530. The third kappa shape index (κ3) is 3.59. The summed E-state index contributed by atoms with van der Waals surface area (Å²) in [6.45, 7) is 4.94. The molecular formula is C13H17F2N3OS. The monoisotopic (exact) mass is 301 g/mol. The Hall–Kier alpha value is -1.37. The van der Waals surface area contributed by atoms with Gasteiger partial charge in [0.15, 0.2) is 0 Å². The lowest BCUT2D eigenvalue weighted by molar-refractivity contribution is -0.0267. The maximum Gasteiger partial charge on any atom is 0.282 e. The predicted molar refractivity (Wildman–Crippen MR) is 76.9 cm³/mol. The van der Waals surface area contributed by atoms with Crippen LogP contribution >= 0.6 is 0 Å². The minimum Gasteiger partial charge on any atom is -0.344 e. The van der Waals surface area contributed by atoms with Gasteiger partial charge in [-0.05, 0) is 32.9 Å². The smallest absolute Gasteiger partial charge is 0.282 e. The number of aromatic nitrogens is 1. The molecule has 0 spiro atoms. The summed E-state index contributed by atoms with van der Waals surface area (Å²) in [4.78, 5) is 5.62. The van der Waals surface area contributed by atoms with E-state index in [9.17, 15) is 13.0 Å². The SMILES string of the molecule is CC(C)(C)[S@@](=O)/N=C/c1ccc(N2CC(F)(F)C2)nc1. The molecule has 0 aliphatic carbocycles. The van der Waals surface area contributed by atoms with Gasteiger partial charge in [0.05, 0.1) is 17.8 Å². The van der Waals surface area contributed by atoms with Crippen molar-refractivity contribution in [3.05, 3.63) is 23.9 Å². The third-order valence-corrected chi connectivity index (χ3v) is 4.11. The van der Waals surface area contributed by atoms with Crippen molar-refractivity contribution in [3.63, 3.8) is 0 Å². The van der Waals surface area contributed by atoms with Crippen LogP contribution in [0.5, 0.6) is 0 Å². The van der Waals surface area contributed by atoms with Gasteiger partial charge in [-0.1, -0.05) is 0 Å². The van der Waals surface area contributed by atoms with Crippen LogP contribution < -0.4 is 4.90 Å². The topological polar surface area (TPSA) is 45.6 Å². The predicted octanol–water partition coefficient (Wildman–Crippen LogP) is 2.42. The third-order valence-electron chi connectivity index (χ3n) is 2.76. The van der Waals surface area contributed by atoms with E-state index in [1.165, 1.54) is 17.3 Å². The molecule has 0 unspecified atom stereocenters. The van der Waals surface area contributed by atoms with E-state index in [4.69, 9.17) is 0 Å². The van der Waals surface area contributed by atoms with E-state index in [0.717, 1.165) is 0 Å². The van der Waals surface area contributed by atoms with Gasteiger partial charge in [-0.25, -0.2) is 18.0 Å². The first-order valence-electron chi connectivity index (χ1n) is 6.22. The van der Waals surface area contributed by atoms with Crippen LogP contribution in [0.3, 0.4) is 0 Å². The fourth-order valence-electron chi connectivity index (χ4n) is 1.60. The average molecular weight is 301 g/mol.